The number of rotatable bonds is 3. The zero-order valence-corrected chi connectivity index (χ0v) is 11.1. The minimum Gasteiger partial charge on any atom is -0.486 e. The fraction of sp³-hybridized carbons (Fsp3) is 0.286. The molecule has 0 saturated carbocycles. The van der Waals surface area contributed by atoms with Crippen LogP contribution in [-0.4, -0.2) is 30.2 Å². The zero-order chi connectivity index (χ0) is 13.9. The molecule has 1 aromatic heterocycles. The van der Waals surface area contributed by atoms with Crippen molar-refractivity contribution < 1.29 is 9.47 Å². The summed E-state index contributed by atoms with van der Waals surface area (Å²) in [5.41, 5.74) is 0.905. The maximum atomic E-state index is 11.3. The minimum absolute atomic E-state index is 0.163. The van der Waals surface area contributed by atoms with Crippen LogP contribution in [0.25, 0.3) is 0 Å². The van der Waals surface area contributed by atoms with Crippen molar-refractivity contribution in [3.05, 3.63) is 46.5 Å². The molecule has 20 heavy (non-hydrogen) atoms. The van der Waals surface area contributed by atoms with E-state index >= 15 is 0 Å². The van der Waals surface area contributed by atoms with E-state index in [0.29, 0.717) is 25.6 Å². The summed E-state index contributed by atoms with van der Waals surface area (Å²) in [4.78, 5) is 19.8. The maximum Gasteiger partial charge on any atom is 0.252 e. The molecule has 0 fully saturated rings. The minimum atomic E-state index is -0.163. The number of H-pyrrole nitrogens is 1. The standard InChI is InChI=1S/C14H15N3O3/c1-17(13-7-14(18)16-9-15-13)8-10-2-3-11-12(6-10)20-5-4-19-11/h2-3,6-7,9H,4-5,8H2,1H3,(H,15,16,18). The van der Waals surface area contributed by atoms with Crippen molar-refractivity contribution in [2.45, 2.75) is 6.54 Å². The monoisotopic (exact) mass is 273 g/mol. The lowest BCUT2D eigenvalue weighted by molar-refractivity contribution is 0.171. The van der Waals surface area contributed by atoms with Crippen LogP contribution in [0.4, 0.5) is 5.82 Å². The Kier molecular flexibility index (Phi) is 3.28. The second-order valence-corrected chi connectivity index (χ2v) is 4.60. The highest BCUT2D eigenvalue weighted by Crippen LogP contribution is 2.31. The summed E-state index contributed by atoms with van der Waals surface area (Å²) in [6.07, 6.45) is 1.40. The Morgan fingerprint density at radius 1 is 1.25 bits per heavy atom. The molecule has 1 aromatic carbocycles. The highest BCUT2D eigenvalue weighted by atomic mass is 16.6. The van der Waals surface area contributed by atoms with Gasteiger partial charge in [0.2, 0.25) is 0 Å². The second kappa shape index (κ2) is 5.24. The van der Waals surface area contributed by atoms with Crippen LogP contribution in [0.3, 0.4) is 0 Å². The van der Waals surface area contributed by atoms with Crippen molar-refractivity contribution in [2.24, 2.45) is 0 Å². The molecule has 6 heteroatoms. The average molecular weight is 273 g/mol. The molecule has 0 spiro atoms. The van der Waals surface area contributed by atoms with Gasteiger partial charge in [0, 0.05) is 19.7 Å². The molecule has 0 saturated heterocycles. The fourth-order valence-electron chi connectivity index (χ4n) is 2.11. The predicted octanol–water partition coefficient (Wildman–Crippen LogP) is 1.18. The van der Waals surface area contributed by atoms with Crippen molar-refractivity contribution in [2.75, 3.05) is 25.2 Å². The number of benzene rings is 1. The van der Waals surface area contributed by atoms with Crippen LogP contribution < -0.4 is 19.9 Å². The molecule has 2 heterocycles. The van der Waals surface area contributed by atoms with Gasteiger partial charge in [-0.15, -0.1) is 0 Å². The average Bonchev–Trinajstić information content (AvgIpc) is 2.47. The molecule has 1 aliphatic rings. The number of ether oxygens (including phenoxy) is 2. The molecule has 3 rings (SSSR count). The molecule has 1 N–H and O–H groups in total. The molecule has 0 unspecified atom stereocenters. The summed E-state index contributed by atoms with van der Waals surface area (Å²) in [6.45, 7) is 1.79. The van der Waals surface area contributed by atoms with Crippen LogP contribution in [-0.2, 0) is 6.54 Å². The van der Waals surface area contributed by atoms with Gasteiger partial charge >= 0.3 is 0 Å². The first-order valence-electron chi connectivity index (χ1n) is 6.37. The van der Waals surface area contributed by atoms with Crippen molar-refractivity contribution in [3.63, 3.8) is 0 Å². The number of fused-ring (bicyclic) bond motifs is 1. The van der Waals surface area contributed by atoms with Gasteiger partial charge < -0.3 is 19.4 Å². The van der Waals surface area contributed by atoms with Gasteiger partial charge in [-0.25, -0.2) is 4.98 Å². The summed E-state index contributed by atoms with van der Waals surface area (Å²) >= 11 is 0. The molecule has 0 amide bonds. The number of aromatic nitrogens is 2. The Labute approximate surface area is 116 Å². The summed E-state index contributed by atoms with van der Waals surface area (Å²) in [5, 5.41) is 0. The number of hydrogen-bond donors (Lipinski definition) is 1. The normalized spacial score (nSPS) is 13.1. The Morgan fingerprint density at radius 2 is 2.05 bits per heavy atom. The molecule has 0 bridgehead atoms. The highest BCUT2D eigenvalue weighted by Gasteiger charge is 2.12. The van der Waals surface area contributed by atoms with Gasteiger partial charge in [0.15, 0.2) is 11.5 Å². The van der Waals surface area contributed by atoms with Crippen LogP contribution in [0.5, 0.6) is 11.5 Å². The lowest BCUT2D eigenvalue weighted by atomic mass is 10.2. The first-order valence-corrected chi connectivity index (χ1v) is 6.37. The number of nitrogens with zero attached hydrogens (tertiary/aromatic N) is 2. The van der Waals surface area contributed by atoms with Gasteiger partial charge in [-0.2, -0.15) is 0 Å². The lowest BCUT2D eigenvalue weighted by Gasteiger charge is -2.21. The van der Waals surface area contributed by atoms with Crippen molar-refractivity contribution >= 4 is 5.82 Å². The Bertz CT molecular complexity index is 669. The molecular weight excluding hydrogens is 258 g/mol. The summed E-state index contributed by atoms with van der Waals surface area (Å²) in [6, 6.07) is 7.32. The molecule has 104 valence electrons. The van der Waals surface area contributed by atoms with Gasteiger partial charge in [0.05, 0.1) is 6.33 Å². The van der Waals surface area contributed by atoms with E-state index in [2.05, 4.69) is 9.97 Å². The van der Waals surface area contributed by atoms with Gasteiger partial charge in [-0.05, 0) is 17.7 Å². The van der Waals surface area contributed by atoms with E-state index in [1.165, 1.54) is 12.4 Å². The van der Waals surface area contributed by atoms with Crippen LogP contribution >= 0.6 is 0 Å². The van der Waals surface area contributed by atoms with Crippen LogP contribution in [0.2, 0.25) is 0 Å². The van der Waals surface area contributed by atoms with E-state index in [9.17, 15) is 4.79 Å². The number of hydrogen-bond acceptors (Lipinski definition) is 5. The number of aromatic amines is 1. The number of nitrogens with one attached hydrogen (secondary N) is 1. The van der Waals surface area contributed by atoms with E-state index < -0.39 is 0 Å². The van der Waals surface area contributed by atoms with Crippen molar-refractivity contribution in [3.8, 4) is 11.5 Å². The SMILES string of the molecule is CN(Cc1ccc2c(c1)OCCO2)c1cc(=O)[nH]cn1. The molecule has 0 atom stereocenters. The maximum absolute atomic E-state index is 11.3. The fourth-order valence-corrected chi connectivity index (χ4v) is 2.11. The van der Waals surface area contributed by atoms with E-state index in [4.69, 9.17) is 9.47 Å². The molecular formula is C14H15N3O3. The smallest absolute Gasteiger partial charge is 0.252 e. The molecule has 1 aliphatic heterocycles. The van der Waals surface area contributed by atoms with E-state index in [1.807, 2.05) is 30.1 Å². The Morgan fingerprint density at radius 3 is 2.85 bits per heavy atom. The number of anilines is 1. The third-order valence-corrected chi connectivity index (χ3v) is 3.08. The Hall–Kier alpha value is -2.50. The largest absolute Gasteiger partial charge is 0.486 e. The molecule has 0 aliphatic carbocycles. The third kappa shape index (κ3) is 2.59. The second-order valence-electron chi connectivity index (χ2n) is 4.60. The van der Waals surface area contributed by atoms with E-state index in [0.717, 1.165) is 17.1 Å². The zero-order valence-electron chi connectivity index (χ0n) is 11.1. The third-order valence-electron chi connectivity index (χ3n) is 3.08. The molecule has 2 aromatic rings. The van der Waals surface area contributed by atoms with Crippen molar-refractivity contribution in [1.82, 2.24) is 9.97 Å². The van der Waals surface area contributed by atoms with Crippen LogP contribution in [0.15, 0.2) is 35.4 Å². The van der Waals surface area contributed by atoms with Gasteiger partial charge in [0.25, 0.3) is 5.56 Å². The van der Waals surface area contributed by atoms with Gasteiger partial charge in [0.1, 0.15) is 19.0 Å². The topological polar surface area (TPSA) is 67.5 Å². The van der Waals surface area contributed by atoms with Crippen LogP contribution in [0.1, 0.15) is 5.56 Å². The van der Waals surface area contributed by atoms with Crippen molar-refractivity contribution in [1.29, 1.82) is 0 Å². The quantitative estimate of drug-likeness (QED) is 0.909. The lowest BCUT2D eigenvalue weighted by Crippen LogP contribution is -2.21. The van der Waals surface area contributed by atoms with Gasteiger partial charge in [-0.3, -0.25) is 4.79 Å². The van der Waals surface area contributed by atoms with Crippen LogP contribution in [0, 0.1) is 0 Å². The molecule has 6 nitrogen and oxygen atoms in total. The summed E-state index contributed by atoms with van der Waals surface area (Å²) in [7, 11) is 1.89. The van der Waals surface area contributed by atoms with E-state index in [1.54, 1.807) is 0 Å². The molecule has 0 radical (unpaired) electrons. The summed E-state index contributed by atoms with van der Waals surface area (Å²) in [5.74, 6) is 2.17. The van der Waals surface area contributed by atoms with Gasteiger partial charge in [-0.1, -0.05) is 6.07 Å². The predicted molar refractivity (Wildman–Crippen MR) is 74.4 cm³/mol. The first-order chi connectivity index (χ1) is 9.72. The van der Waals surface area contributed by atoms with E-state index in [-0.39, 0.29) is 5.56 Å². The first kappa shape index (κ1) is 12.5. The highest BCUT2D eigenvalue weighted by molar-refractivity contribution is 5.45. The Balaban J connectivity index is 1.79. The summed E-state index contributed by atoms with van der Waals surface area (Å²) < 4.78 is 11.0.